The highest BCUT2D eigenvalue weighted by atomic mass is 79.9. The van der Waals surface area contributed by atoms with Crippen LogP contribution in [0.15, 0.2) is 22.7 Å². The molecule has 5 heteroatoms. The van der Waals surface area contributed by atoms with E-state index in [-0.39, 0.29) is 5.69 Å². The second-order valence-corrected chi connectivity index (χ2v) is 4.76. The summed E-state index contributed by atoms with van der Waals surface area (Å²) in [6.45, 7) is 4.77. The van der Waals surface area contributed by atoms with E-state index in [1.807, 2.05) is 0 Å². The molecule has 1 aromatic rings. The van der Waals surface area contributed by atoms with Crippen molar-refractivity contribution in [3.63, 3.8) is 0 Å². The second kappa shape index (κ2) is 5.84. The molecule has 16 heavy (non-hydrogen) atoms. The zero-order chi connectivity index (χ0) is 12.1. The molecule has 0 atom stereocenters. The predicted octanol–water partition coefficient (Wildman–Crippen LogP) is 3.78. The van der Waals surface area contributed by atoms with Crippen LogP contribution in [-0.2, 0) is 0 Å². The zero-order valence-electron chi connectivity index (χ0n) is 9.27. The van der Waals surface area contributed by atoms with E-state index in [9.17, 15) is 10.1 Å². The Kier molecular flexibility index (Phi) is 4.73. The first-order chi connectivity index (χ1) is 7.50. The minimum atomic E-state index is -0.429. The van der Waals surface area contributed by atoms with Crippen LogP contribution in [0.3, 0.4) is 0 Å². The summed E-state index contributed by atoms with van der Waals surface area (Å²) < 4.78 is 6.22. The lowest BCUT2D eigenvalue weighted by Crippen LogP contribution is -2.02. The Morgan fingerprint density at radius 3 is 2.75 bits per heavy atom. The average molecular weight is 288 g/mol. The first kappa shape index (κ1) is 13.0. The van der Waals surface area contributed by atoms with Gasteiger partial charge in [0.2, 0.25) is 0 Å². The van der Waals surface area contributed by atoms with Crippen LogP contribution in [0.25, 0.3) is 0 Å². The number of hydrogen-bond acceptors (Lipinski definition) is 3. The molecule has 0 radical (unpaired) electrons. The molecule has 0 fully saturated rings. The summed E-state index contributed by atoms with van der Waals surface area (Å²) in [5.41, 5.74) is 0.0442. The fourth-order valence-corrected chi connectivity index (χ4v) is 1.48. The largest absolute Gasteiger partial charge is 0.492 e. The van der Waals surface area contributed by atoms with E-state index in [1.165, 1.54) is 12.1 Å². The lowest BCUT2D eigenvalue weighted by Gasteiger charge is -2.09. The van der Waals surface area contributed by atoms with E-state index in [2.05, 4.69) is 29.8 Å². The zero-order valence-corrected chi connectivity index (χ0v) is 10.9. The van der Waals surface area contributed by atoms with Crippen LogP contribution in [0.2, 0.25) is 0 Å². The van der Waals surface area contributed by atoms with Crippen LogP contribution < -0.4 is 4.74 Å². The molecule has 0 amide bonds. The Morgan fingerprint density at radius 1 is 1.50 bits per heavy atom. The highest BCUT2D eigenvalue weighted by molar-refractivity contribution is 9.10. The molecule has 0 aromatic heterocycles. The molecule has 0 saturated carbocycles. The molecule has 0 aliphatic rings. The summed E-state index contributed by atoms with van der Waals surface area (Å²) in [6.07, 6.45) is 0.926. The lowest BCUT2D eigenvalue weighted by molar-refractivity contribution is -0.385. The van der Waals surface area contributed by atoms with E-state index >= 15 is 0 Å². The Hall–Kier alpha value is -1.10. The maximum absolute atomic E-state index is 10.6. The van der Waals surface area contributed by atoms with Crippen LogP contribution in [-0.4, -0.2) is 11.5 Å². The minimum absolute atomic E-state index is 0.0442. The molecule has 0 aliphatic carbocycles. The molecule has 88 valence electrons. The summed E-state index contributed by atoms with van der Waals surface area (Å²) in [6, 6.07) is 4.51. The number of hydrogen-bond donors (Lipinski definition) is 0. The molecule has 4 nitrogen and oxygen atoms in total. The van der Waals surface area contributed by atoms with Gasteiger partial charge in [0, 0.05) is 6.07 Å². The SMILES string of the molecule is CC(C)CCOc1cc([N+](=O)[O-])ccc1Br. The molecule has 1 aromatic carbocycles. The second-order valence-electron chi connectivity index (χ2n) is 3.90. The summed E-state index contributed by atoms with van der Waals surface area (Å²) in [5.74, 6) is 1.08. The lowest BCUT2D eigenvalue weighted by atomic mass is 10.1. The highest BCUT2D eigenvalue weighted by Gasteiger charge is 2.10. The van der Waals surface area contributed by atoms with Gasteiger partial charge in [0.25, 0.3) is 5.69 Å². The van der Waals surface area contributed by atoms with Gasteiger partial charge in [0.05, 0.1) is 22.1 Å². The van der Waals surface area contributed by atoms with E-state index in [0.717, 1.165) is 10.9 Å². The number of non-ortho nitro benzene ring substituents is 1. The smallest absolute Gasteiger partial charge is 0.273 e. The third-order valence-electron chi connectivity index (χ3n) is 2.08. The molecule has 0 heterocycles. The molecule has 0 spiro atoms. The van der Waals surface area contributed by atoms with Crippen LogP contribution in [0, 0.1) is 16.0 Å². The van der Waals surface area contributed by atoms with Crippen molar-refractivity contribution in [3.05, 3.63) is 32.8 Å². The number of nitro groups is 1. The first-order valence-corrected chi connectivity index (χ1v) is 5.86. The number of halogens is 1. The topological polar surface area (TPSA) is 52.4 Å². The van der Waals surface area contributed by atoms with Gasteiger partial charge in [-0.3, -0.25) is 10.1 Å². The first-order valence-electron chi connectivity index (χ1n) is 5.07. The van der Waals surface area contributed by atoms with E-state index < -0.39 is 4.92 Å². The number of nitro benzene ring substituents is 1. The molecule has 0 aliphatic heterocycles. The van der Waals surface area contributed by atoms with Gasteiger partial charge in [-0.15, -0.1) is 0 Å². The quantitative estimate of drug-likeness (QED) is 0.612. The highest BCUT2D eigenvalue weighted by Crippen LogP contribution is 2.29. The third-order valence-corrected chi connectivity index (χ3v) is 2.73. The fraction of sp³-hybridized carbons (Fsp3) is 0.455. The van der Waals surface area contributed by atoms with Crippen molar-refractivity contribution in [2.24, 2.45) is 5.92 Å². The summed E-state index contributed by atoms with van der Waals surface area (Å²) in [7, 11) is 0. The number of rotatable bonds is 5. The average Bonchev–Trinajstić information content (AvgIpc) is 2.20. The van der Waals surface area contributed by atoms with Crippen molar-refractivity contribution < 1.29 is 9.66 Å². The number of nitrogens with zero attached hydrogens (tertiary/aromatic N) is 1. The number of ether oxygens (including phenoxy) is 1. The molecule has 0 bridgehead atoms. The van der Waals surface area contributed by atoms with Crippen molar-refractivity contribution in [1.82, 2.24) is 0 Å². The Labute approximate surface area is 103 Å². The predicted molar refractivity (Wildman–Crippen MR) is 65.7 cm³/mol. The van der Waals surface area contributed by atoms with Crippen LogP contribution in [0.1, 0.15) is 20.3 Å². The van der Waals surface area contributed by atoms with Crippen molar-refractivity contribution in [3.8, 4) is 5.75 Å². The maximum Gasteiger partial charge on any atom is 0.273 e. The van der Waals surface area contributed by atoms with E-state index in [4.69, 9.17) is 4.74 Å². The normalized spacial score (nSPS) is 10.5. The standard InChI is InChI=1S/C11H14BrNO3/c1-8(2)5-6-16-11-7-9(13(14)15)3-4-10(11)12/h3-4,7-8H,5-6H2,1-2H3. The Bertz CT molecular complexity index is 379. The van der Waals surface area contributed by atoms with Gasteiger partial charge < -0.3 is 4.74 Å². The van der Waals surface area contributed by atoms with Gasteiger partial charge >= 0.3 is 0 Å². The van der Waals surface area contributed by atoms with Crippen LogP contribution in [0.5, 0.6) is 5.75 Å². The summed E-state index contributed by atoms with van der Waals surface area (Å²) in [4.78, 5) is 10.2. The van der Waals surface area contributed by atoms with Gasteiger partial charge in [0.15, 0.2) is 0 Å². The molecule has 0 saturated heterocycles. The van der Waals surface area contributed by atoms with E-state index in [1.54, 1.807) is 6.07 Å². The molecule has 0 unspecified atom stereocenters. The Morgan fingerprint density at radius 2 is 2.19 bits per heavy atom. The van der Waals surface area contributed by atoms with Crippen molar-refractivity contribution in [1.29, 1.82) is 0 Å². The van der Waals surface area contributed by atoms with Crippen LogP contribution in [0.4, 0.5) is 5.69 Å². The monoisotopic (exact) mass is 287 g/mol. The summed E-state index contributed by atoms with van der Waals surface area (Å²) >= 11 is 3.30. The molecular weight excluding hydrogens is 274 g/mol. The minimum Gasteiger partial charge on any atom is -0.492 e. The fourth-order valence-electron chi connectivity index (χ4n) is 1.12. The maximum atomic E-state index is 10.6. The Balaban J connectivity index is 2.70. The summed E-state index contributed by atoms with van der Waals surface area (Å²) in [5, 5.41) is 10.6. The van der Waals surface area contributed by atoms with Crippen molar-refractivity contribution in [2.45, 2.75) is 20.3 Å². The van der Waals surface area contributed by atoms with Crippen molar-refractivity contribution >= 4 is 21.6 Å². The molecule has 1 rings (SSSR count). The van der Waals surface area contributed by atoms with Gasteiger partial charge in [-0.05, 0) is 34.3 Å². The van der Waals surface area contributed by atoms with Gasteiger partial charge in [-0.1, -0.05) is 13.8 Å². The van der Waals surface area contributed by atoms with Crippen LogP contribution >= 0.6 is 15.9 Å². The van der Waals surface area contributed by atoms with Gasteiger partial charge in [-0.2, -0.15) is 0 Å². The van der Waals surface area contributed by atoms with Gasteiger partial charge in [-0.25, -0.2) is 0 Å². The molecule has 0 N–H and O–H groups in total. The number of benzene rings is 1. The van der Waals surface area contributed by atoms with Crippen molar-refractivity contribution in [2.75, 3.05) is 6.61 Å². The molecular formula is C11H14BrNO3. The van der Waals surface area contributed by atoms with Gasteiger partial charge in [0.1, 0.15) is 5.75 Å². The van der Waals surface area contributed by atoms with E-state index in [0.29, 0.717) is 18.3 Å². The third kappa shape index (κ3) is 3.81.